The highest BCUT2D eigenvalue weighted by Crippen LogP contribution is 2.26. The fourth-order valence-electron chi connectivity index (χ4n) is 2.40. The second kappa shape index (κ2) is 5.99. The van der Waals surface area contributed by atoms with Crippen LogP contribution in [0, 0.1) is 0 Å². The third kappa shape index (κ3) is 2.93. The number of benzene rings is 2. The van der Waals surface area contributed by atoms with E-state index in [1.165, 1.54) is 4.90 Å². The van der Waals surface area contributed by atoms with Crippen molar-refractivity contribution in [3.05, 3.63) is 63.6 Å². The van der Waals surface area contributed by atoms with Gasteiger partial charge in [0.25, 0.3) is 5.91 Å². The highest BCUT2D eigenvalue weighted by molar-refractivity contribution is 6.36. The van der Waals surface area contributed by atoms with E-state index < -0.39 is 0 Å². The zero-order valence-electron chi connectivity index (χ0n) is 11.5. The summed E-state index contributed by atoms with van der Waals surface area (Å²) in [6.07, 6.45) is 0. The van der Waals surface area contributed by atoms with Crippen molar-refractivity contribution < 1.29 is 9.59 Å². The Labute approximate surface area is 137 Å². The molecule has 1 aliphatic heterocycles. The molecule has 0 atom stereocenters. The van der Waals surface area contributed by atoms with Crippen LogP contribution in [-0.4, -0.2) is 23.3 Å². The van der Waals surface area contributed by atoms with E-state index in [0.717, 1.165) is 5.56 Å². The lowest BCUT2D eigenvalue weighted by Crippen LogP contribution is -2.33. The number of nitrogens with zero attached hydrogens (tertiary/aromatic N) is 1. The maximum absolute atomic E-state index is 12.2. The summed E-state index contributed by atoms with van der Waals surface area (Å²) in [5.41, 5.74) is 2.06. The molecule has 0 aromatic heterocycles. The van der Waals surface area contributed by atoms with E-state index in [-0.39, 0.29) is 18.4 Å². The van der Waals surface area contributed by atoms with Crippen molar-refractivity contribution >= 4 is 40.7 Å². The zero-order chi connectivity index (χ0) is 15.7. The van der Waals surface area contributed by atoms with Gasteiger partial charge in [0.05, 0.1) is 10.7 Å². The molecule has 3 rings (SSSR count). The Bertz CT molecular complexity index is 762. The number of amides is 2. The molecule has 22 heavy (non-hydrogen) atoms. The van der Waals surface area contributed by atoms with E-state index >= 15 is 0 Å². The van der Waals surface area contributed by atoms with Gasteiger partial charge in [0.2, 0.25) is 5.91 Å². The van der Waals surface area contributed by atoms with Crippen molar-refractivity contribution in [3.63, 3.8) is 0 Å². The minimum Gasteiger partial charge on any atom is -0.325 e. The molecule has 4 nitrogen and oxygen atoms in total. The van der Waals surface area contributed by atoms with Crippen LogP contribution in [0.25, 0.3) is 0 Å². The standard InChI is InChI=1S/C16H12Cl2N2O2/c17-11-5-6-14(13(18)7-11)19-15(21)9-20-8-10-3-1-2-4-12(10)16(20)22/h1-7H,8-9H2,(H,19,21). The fraction of sp³-hybridized carbons (Fsp3) is 0.125. The minimum atomic E-state index is -0.301. The molecule has 0 aliphatic carbocycles. The van der Waals surface area contributed by atoms with Gasteiger partial charge < -0.3 is 10.2 Å². The van der Waals surface area contributed by atoms with Crippen molar-refractivity contribution in [3.8, 4) is 0 Å². The Morgan fingerprint density at radius 1 is 1.18 bits per heavy atom. The normalized spacial score (nSPS) is 13.2. The molecule has 1 N–H and O–H groups in total. The predicted octanol–water partition coefficient (Wildman–Crippen LogP) is 3.59. The van der Waals surface area contributed by atoms with Crippen LogP contribution < -0.4 is 5.32 Å². The van der Waals surface area contributed by atoms with Crippen molar-refractivity contribution in [1.82, 2.24) is 4.90 Å². The van der Waals surface area contributed by atoms with E-state index in [2.05, 4.69) is 5.32 Å². The molecule has 0 saturated heterocycles. The molecule has 0 radical (unpaired) electrons. The van der Waals surface area contributed by atoms with Crippen molar-refractivity contribution in [2.75, 3.05) is 11.9 Å². The molecule has 2 amide bonds. The number of fused-ring (bicyclic) bond motifs is 1. The summed E-state index contributed by atoms with van der Waals surface area (Å²) in [6.45, 7) is 0.420. The minimum absolute atomic E-state index is 0.0214. The van der Waals surface area contributed by atoms with E-state index in [1.54, 1.807) is 24.3 Å². The van der Waals surface area contributed by atoms with Gasteiger partial charge in [-0.15, -0.1) is 0 Å². The van der Waals surface area contributed by atoms with E-state index in [0.29, 0.717) is 27.8 Å². The molecule has 0 spiro atoms. The third-order valence-electron chi connectivity index (χ3n) is 3.44. The van der Waals surface area contributed by atoms with Crippen LogP contribution in [0.3, 0.4) is 0 Å². The molecule has 0 fully saturated rings. The number of rotatable bonds is 3. The summed E-state index contributed by atoms with van der Waals surface area (Å²) in [5, 5.41) is 3.54. The predicted molar refractivity (Wildman–Crippen MR) is 86.3 cm³/mol. The molecule has 0 bridgehead atoms. The van der Waals surface area contributed by atoms with E-state index in [9.17, 15) is 9.59 Å². The average Bonchev–Trinajstić information content (AvgIpc) is 2.79. The molecule has 0 saturated carbocycles. The van der Waals surface area contributed by atoms with Gasteiger partial charge in [-0.25, -0.2) is 0 Å². The molecule has 2 aromatic rings. The SMILES string of the molecule is O=C(CN1Cc2ccccc2C1=O)Nc1ccc(Cl)cc1Cl. The first-order valence-corrected chi connectivity index (χ1v) is 7.42. The second-order valence-electron chi connectivity index (χ2n) is 4.99. The van der Waals surface area contributed by atoms with Crippen molar-refractivity contribution in [2.24, 2.45) is 0 Å². The van der Waals surface area contributed by atoms with Gasteiger partial charge >= 0.3 is 0 Å². The van der Waals surface area contributed by atoms with Crippen LogP contribution in [0.4, 0.5) is 5.69 Å². The Morgan fingerprint density at radius 3 is 2.68 bits per heavy atom. The van der Waals surface area contributed by atoms with E-state index in [1.807, 2.05) is 18.2 Å². The fourth-order valence-corrected chi connectivity index (χ4v) is 2.85. The van der Waals surface area contributed by atoms with Gasteiger partial charge in [0, 0.05) is 17.1 Å². The van der Waals surface area contributed by atoms with E-state index in [4.69, 9.17) is 23.2 Å². The molecular formula is C16H12Cl2N2O2. The molecule has 1 aliphatic rings. The quantitative estimate of drug-likeness (QED) is 0.932. The first kappa shape index (κ1) is 14.9. The lowest BCUT2D eigenvalue weighted by Gasteiger charge is -2.15. The largest absolute Gasteiger partial charge is 0.325 e. The number of carbonyl (C=O) groups excluding carboxylic acids is 2. The van der Waals surface area contributed by atoms with Gasteiger partial charge in [-0.05, 0) is 29.8 Å². The summed E-state index contributed by atoms with van der Waals surface area (Å²) >= 11 is 11.8. The summed E-state index contributed by atoms with van der Waals surface area (Å²) in [6, 6.07) is 12.2. The van der Waals surface area contributed by atoms with Gasteiger partial charge in [-0.2, -0.15) is 0 Å². The van der Waals surface area contributed by atoms with Crippen LogP contribution in [0.2, 0.25) is 10.0 Å². The first-order chi connectivity index (χ1) is 10.5. The number of anilines is 1. The Hall–Kier alpha value is -2.04. The Kier molecular flexibility index (Phi) is 4.05. The van der Waals surface area contributed by atoms with Gasteiger partial charge in [0.15, 0.2) is 0 Å². The smallest absolute Gasteiger partial charge is 0.254 e. The summed E-state index contributed by atoms with van der Waals surface area (Å²) in [7, 11) is 0. The van der Waals surface area contributed by atoms with Crippen LogP contribution >= 0.6 is 23.2 Å². The number of halogens is 2. The summed E-state index contributed by atoms with van der Waals surface area (Å²) in [4.78, 5) is 25.8. The Morgan fingerprint density at radius 2 is 1.95 bits per heavy atom. The number of carbonyl (C=O) groups is 2. The van der Waals surface area contributed by atoms with Gasteiger partial charge in [0.1, 0.15) is 6.54 Å². The number of nitrogens with one attached hydrogen (secondary N) is 1. The number of hydrogen-bond acceptors (Lipinski definition) is 2. The highest BCUT2D eigenvalue weighted by atomic mass is 35.5. The van der Waals surface area contributed by atoms with Crippen molar-refractivity contribution in [2.45, 2.75) is 6.54 Å². The number of hydrogen-bond donors (Lipinski definition) is 1. The van der Waals surface area contributed by atoms with Crippen LogP contribution in [-0.2, 0) is 11.3 Å². The summed E-state index contributed by atoms with van der Waals surface area (Å²) < 4.78 is 0. The first-order valence-electron chi connectivity index (χ1n) is 6.66. The third-order valence-corrected chi connectivity index (χ3v) is 3.98. The molecule has 0 unspecified atom stereocenters. The molecule has 112 valence electrons. The monoisotopic (exact) mass is 334 g/mol. The van der Waals surface area contributed by atoms with Crippen molar-refractivity contribution in [1.29, 1.82) is 0 Å². The molecule has 2 aromatic carbocycles. The Balaban J connectivity index is 1.67. The molecular weight excluding hydrogens is 323 g/mol. The second-order valence-corrected chi connectivity index (χ2v) is 5.83. The molecule has 1 heterocycles. The summed E-state index contributed by atoms with van der Waals surface area (Å²) in [5.74, 6) is -0.432. The highest BCUT2D eigenvalue weighted by Gasteiger charge is 2.28. The average molecular weight is 335 g/mol. The van der Waals surface area contributed by atoms with Crippen LogP contribution in [0.15, 0.2) is 42.5 Å². The topological polar surface area (TPSA) is 49.4 Å². The van der Waals surface area contributed by atoms with Gasteiger partial charge in [-0.1, -0.05) is 41.4 Å². The maximum atomic E-state index is 12.2. The lowest BCUT2D eigenvalue weighted by atomic mass is 10.1. The lowest BCUT2D eigenvalue weighted by molar-refractivity contribution is -0.116. The zero-order valence-corrected chi connectivity index (χ0v) is 13.0. The van der Waals surface area contributed by atoms with Gasteiger partial charge in [-0.3, -0.25) is 9.59 Å². The maximum Gasteiger partial charge on any atom is 0.254 e. The van der Waals surface area contributed by atoms with Crippen LogP contribution in [0.5, 0.6) is 0 Å². The van der Waals surface area contributed by atoms with Crippen LogP contribution in [0.1, 0.15) is 15.9 Å². The molecule has 6 heteroatoms.